The molecular weight excluding hydrogens is 470 g/mol. The highest BCUT2D eigenvalue weighted by atomic mass is 32.1. The molecule has 0 bridgehead atoms. The Kier molecular flexibility index (Phi) is 5.54. The summed E-state index contributed by atoms with van der Waals surface area (Å²) in [6.07, 6.45) is 4.63. The number of aryl methyl sites for hydroxylation is 1. The number of imidazole rings is 1. The first kappa shape index (κ1) is 22.1. The van der Waals surface area contributed by atoms with Gasteiger partial charge in [0, 0.05) is 33.5 Å². The van der Waals surface area contributed by atoms with Gasteiger partial charge in [-0.25, -0.2) is 9.97 Å². The summed E-state index contributed by atoms with van der Waals surface area (Å²) in [5.74, 6) is 0.624. The molecule has 0 spiro atoms. The van der Waals surface area contributed by atoms with E-state index in [2.05, 4.69) is 50.6 Å². The number of carbonyl (C=O) groups excluding carboxylic acids is 1. The summed E-state index contributed by atoms with van der Waals surface area (Å²) in [7, 11) is 0. The number of rotatable bonds is 6. The molecule has 9 heteroatoms. The van der Waals surface area contributed by atoms with Crippen LogP contribution in [0.4, 0.5) is 5.69 Å². The van der Waals surface area contributed by atoms with Crippen molar-refractivity contribution in [3.8, 4) is 33.2 Å². The van der Waals surface area contributed by atoms with E-state index >= 15 is 0 Å². The van der Waals surface area contributed by atoms with Crippen molar-refractivity contribution in [3.05, 3.63) is 65.8 Å². The molecule has 8 nitrogen and oxygen atoms in total. The van der Waals surface area contributed by atoms with E-state index in [9.17, 15) is 4.79 Å². The third-order valence-corrected chi connectivity index (χ3v) is 6.98. The molecule has 1 amide bonds. The Balaban J connectivity index is 1.40. The van der Waals surface area contributed by atoms with Crippen molar-refractivity contribution in [3.63, 3.8) is 0 Å². The zero-order chi connectivity index (χ0) is 24.6. The molecule has 5 heterocycles. The lowest BCUT2D eigenvalue weighted by Crippen LogP contribution is -2.10. The average Bonchev–Trinajstić information content (AvgIpc) is 3.61. The van der Waals surface area contributed by atoms with Crippen LogP contribution in [0.2, 0.25) is 0 Å². The van der Waals surface area contributed by atoms with Gasteiger partial charge in [-0.15, -0.1) is 11.3 Å². The van der Waals surface area contributed by atoms with Gasteiger partial charge in [-0.1, -0.05) is 19.1 Å². The van der Waals surface area contributed by atoms with Gasteiger partial charge in [0.25, 0.3) is 0 Å². The van der Waals surface area contributed by atoms with Crippen molar-refractivity contribution in [2.24, 2.45) is 0 Å². The van der Waals surface area contributed by atoms with E-state index in [4.69, 9.17) is 9.97 Å². The maximum absolute atomic E-state index is 12.0. The molecule has 3 N–H and O–H groups in total. The van der Waals surface area contributed by atoms with E-state index in [1.54, 1.807) is 23.7 Å². The van der Waals surface area contributed by atoms with Crippen LogP contribution in [0.3, 0.4) is 0 Å². The highest BCUT2D eigenvalue weighted by Crippen LogP contribution is 2.34. The molecule has 178 valence electrons. The molecule has 0 saturated carbocycles. The number of fused-ring (bicyclic) bond motifs is 2. The molecule has 0 radical (unpaired) electrons. The molecule has 0 fully saturated rings. The van der Waals surface area contributed by atoms with Crippen LogP contribution >= 0.6 is 11.3 Å². The fourth-order valence-corrected chi connectivity index (χ4v) is 5.14. The third kappa shape index (κ3) is 4.03. The zero-order valence-corrected chi connectivity index (χ0v) is 20.6. The van der Waals surface area contributed by atoms with Crippen LogP contribution in [0.1, 0.15) is 24.6 Å². The van der Waals surface area contributed by atoms with Crippen LogP contribution in [-0.4, -0.2) is 36.0 Å². The number of anilines is 1. The molecule has 5 aromatic heterocycles. The summed E-state index contributed by atoms with van der Waals surface area (Å²) in [4.78, 5) is 32.0. The highest BCUT2D eigenvalue weighted by Gasteiger charge is 2.17. The number of aromatic nitrogens is 6. The first-order valence-corrected chi connectivity index (χ1v) is 12.6. The number of aromatic amines is 2. The normalized spacial score (nSPS) is 11.4. The van der Waals surface area contributed by atoms with Crippen LogP contribution < -0.4 is 5.32 Å². The second-order valence-corrected chi connectivity index (χ2v) is 9.91. The Morgan fingerprint density at radius 2 is 1.94 bits per heavy atom. The van der Waals surface area contributed by atoms with Crippen LogP contribution in [0, 0.1) is 6.92 Å². The Hall–Kier alpha value is -4.37. The topological polar surface area (TPSA) is 112 Å². The van der Waals surface area contributed by atoms with Gasteiger partial charge in [0.15, 0.2) is 11.5 Å². The van der Waals surface area contributed by atoms with Crippen molar-refractivity contribution in [1.82, 2.24) is 30.1 Å². The molecular formula is C27H23N7OS. The number of pyridine rings is 2. The van der Waals surface area contributed by atoms with E-state index in [1.165, 1.54) is 9.75 Å². The fourth-order valence-electron chi connectivity index (χ4n) is 4.25. The van der Waals surface area contributed by atoms with Gasteiger partial charge < -0.3 is 10.3 Å². The van der Waals surface area contributed by atoms with Crippen LogP contribution in [0.5, 0.6) is 0 Å². The Morgan fingerprint density at radius 3 is 2.78 bits per heavy atom. The Labute approximate surface area is 210 Å². The van der Waals surface area contributed by atoms with Gasteiger partial charge >= 0.3 is 0 Å². The van der Waals surface area contributed by atoms with Crippen molar-refractivity contribution in [2.75, 3.05) is 5.32 Å². The lowest BCUT2D eigenvalue weighted by atomic mass is 10.1. The molecule has 0 aliphatic rings. The first-order chi connectivity index (χ1) is 17.6. The maximum atomic E-state index is 12.0. The Morgan fingerprint density at radius 1 is 1.03 bits per heavy atom. The molecule has 0 saturated heterocycles. The predicted octanol–water partition coefficient (Wildman–Crippen LogP) is 6.34. The van der Waals surface area contributed by atoms with Gasteiger partial charge in [0.05, 0.1) is 34.1 Å². The molecule has 0 atom stereocenters. The number of H-pyrrole nitrogens is 2. The minimum atomic E-state index is -0.0288. The van der Waals surface area contributed by atoms with Gasteiger partial charge in [-0.05, 0) is 49.7 Å². The summed E-state index contributed by atoms with van der Waals surface area (Å²) >= 11 is 1.75. The second-order valence-electron chi connectivity index (χ2n) is 8.62. The number of thiophene rings is 1. The van der Waals surface area contributed by atoms with Gasteiger partial charge in [0.2, 0.25) is 5.91 Å². The van der Waals surface area contributed by atoms with E-state index in [-0.39, 0.29) is 5.91 Å². The van der Waals surface area contributed by atoms with Crippen LogP contribution in [-0.2, 0) is 4.79 Å². The van der Waals surface area contributed by atoms with Gasteiger partial charge in [-0.2, -0.15) is 5.10 Å². The Bertz CT molecular complexity index is 1730. The SMILES string of the molecule is CCCC(=O)Nc1cncc(-c2ccc3[nH]nc(-c4nc5c(-c6ccc(C)s6)cccc5[nH]4)c3n2)c1. The standard InChI is InChI=1S/C27H23N7OS/c1-3-5-23(35)29-17-12-16(13-28-14-17)19-9-10-21-25(30-19)26(34-33-21)27-31-20-7-4-6-18(24(20)32-27)22-11-8-15(2)36-22/h4,6-14H,3,5H2,1-2H3,(H,29,35)(H,31,32)(H,33,34). The summed E-state index contributed by atoms with van der Waals surface area (Å²) in [6.45, 7) is 4.08. The van der Waals surface area contributed by atoms with E-state index in [1.807, 2.05) is 37.3 Å². The van der Waals surface area contributed by atoms with E-state index in [0.29, 0.717) is 29.1 Å². The molecule has 6 aromatic rings. The van der Waals surface area contributed by atoms with Gasteiger partial charge in [0.1, 0.15) is 5.52 Å². The second kappa shape index (κ2) is 9.01. The largest absolute Gasteiger partial charge is 0.336 e. The summed E-state index contributed by atoms with van der Waals surface area (Å²) in [5.41, 5.74) is 7.29. The molecule has 36 heavy (non-hydrogen) atoms. The number of amides is 1. The van der Waals surface area contributed by atoms with Crippen molar-refractivity contribution < 1.29 is 4.79 Å². The van der Waals surface area contributed by atoms with Gasteiger partial charge in [-0.3, -0.25) is 14.9 Å². The summed E-state index contributed by atoms with van der Waals surface area (Å²) in [6, 6.07) is 16.1. The quantitative estimate of drug-likeness (QED) is 0.251. The number of hydrogen-bond donors (Lipinski definition) is 3. The average molecular weight is 494 g/mol. The lowest BCUT2D eigenvalue weighted by Gasteiger charge is -2.06. The number of hydrogen-bond acceptors (Lipinski definition) is 6. The minimum Gasteiger partial charge on any atom is -0.336 e. The monoisotopic (exact) mass is 493 g/mol. The van der Waals surface area contributed by atoms with E-state index in [0.717, 1.165) is 39.8 Å². The number of carbonyl (C=O) groups is 1. The molecule has 1 aromatic carbocycles. The van der Waals surface area contributed by atoms with Crippen molar-refractivity contribution in [2.45, 2.75) is 26.7 Å². The maximum Gasteiger partial charge on any atom is 0.224 e. The van der Waals surface area contributed by atoms with Crippen molar-refractivity contribution >= 4 is 45.0 Å². The number of para-hydroxylation sites is 1. The van der Waals surface area contributed by atoms with Crippen LogP contribution in [0.15, 0.2) is 60.9 Å². The summed E-state index contributed by atoms with van der Waals surface area (Å²) in [5, 5.41) is 10.5. The molecule has 6 rings (SSSR count). The zero-order valence-electron chi connectivity index (χ0n) is 19.8. The predicted molar refractivity (Wildman–Crippen MR) is 144 cm³/mol. The molecule has 0 unspecified atom stereocenters. The van der Waals surface area contributed by atoms with E-state index < -0.39 is 0 Å². The number of nitrogens with one attached hydrogen (secondary N) is 3. The first-order valence-electron chi connectivity index (χ1n) is 11.8. The summed E-state index contributed by atoms with van der Waals surface area (Å²) < 4.78 is 0. The fraction of sp³-hybridized carbons (Fsp3) is 0.148. The van der Waals surface area contributed by atoms with Crippen molar-refractivity contribution in [1.29, 1.82) is 0 Å². The van der Waals surface area contributed by atoms with Crippen LogP contribution in [0.25, 0.3) is 55.3 Å². The number of nitrogens with zero attached hydrogens (tertiary/aromatic N) is 4. The smallest absolute Gasteiger partial charge is 0.224 e. The minimum absolute atomic E-state index is 0.0288. The number of benzene rings is 1. The molecule has 0 aliphatic carbocycles. The molecule has 0 aliphatic heterocycles. The highest BCUT2D eigenvalue weighted by molar-refractivity contribution is 7.15. The third-order valence-electron chi connectivity index (χ3n) is 5.95. The lowest BCUT2D eigenvalue weighted by molar-refractivity contribution is -0.116.